The lowest BCUT2D eigenvalue weighted by molar-refractivity contribution is -0.131. The standard InChI is InChI=1S/C40H38N4O4/c45-34(46)21-16-26-14-17-29(18-15-26)38-41-39(43-48-38)40(22-6-7-23-40)42-37(47)30-19-20-32-33(25-30)44-24-8-12-27-9-4-5-13-31(27)36(44)35(32)28-10-2-1-3-11-28/h4-5,8-9,12-21,25,28H,1-3,6-7,10-11,22-24H2,(H,42,47)(H,45,46)/b21-16+. The predicted octanol–water partition coefficient (Wildman–Crippen LogP) is 8.73. The Kier molecular flexibility index (Phi) is 7.79. The summed E-state index contributed by atoms with van der Waals surface area (Å²) in [7, 11) is 0. The number of nitrogens with zero attached hydrogens (tertiary/aromatic N) is 3. The van der Waals surface area contributed by atoms with Crippen LogP contribution in [0.3, 0.4) is 0 Å². The van der Waals surface area contributed by atoms with Crippen LogP contribution in [0.1, 0.15) is 96.6 Å². The molecule has 2 fully saturated rings. The summed E-state index contributed by atoms with van der Waals surface area (Å²) in [6, 6.07) is 22.2. The van der Waals surface area contributed by atoms with Crippen LogP contribution in [0, 0.1) is 0 Å². The SMILES string of the molecule is O=C(O)/C=C/c1ccc(-c2nc(C3(NC(=O)c4ccc5c(C6CCCCC6)c6n(c5c4)CC=Cc4ccccc4-6)CCCC3)no2)cc1. The first-order valence-corrected chi connectivity index (χ1v) is 17.1. The van der Waals surface area contributed by atoms with E-state index in [-0.39, 0.29) is 5.91 Å². The van der Waals surface area contributed by atoms with E-state index in [4.69, 9.17) is 14.6 Å². The first-order chi connectivity index (χ1) is 23.5. The number of allylic oxidation sites excluding steroid dienone is 1. The van der Waals surface area contributed by atoms with Crippen LogP contribution in [0.2, 0.25) is 0 Å². The molecule has 3 aliphatic rings. The van der Waals surface area contributed by atoms with Crippen LogP contribution in [-0.4, -0.2) is 31.7 Å². The molecular weight excluding hydrogens is 600 g/mol. The topological polar surface area (TPSA) is 110 Å². The monoisotopic (exact) mass is 638 g/mol. The molecular formula is C40H38N4O4. The molecule has 8 rings (SSSR count). The number of aliphatic carboxylic acids is 1. The van der Waals surface area contributed by atoms with Crippen LogP contribution in [-0.2, 0) is 16.9 Å². The fourth-order valence-electron chi connectivity index (χ4n) is 8.06. The quantitative estimate of drug-likeness (QED) is 0.173. The van der Waals surface area contributed by atoms with Crippen molar-refractivity contribution < 1.29 is 19.2 Å². The largest absolute Gasteiger partial charge is 0.478 e. The molecule has 0 saturated heterocycles. The molecule has 5 aromatic rings. The minimum Gasteiger partial charge on any atom is -0.478 e. The number of benzene rings is 3. The van der Waals surface area contributed by atoms with Gasteiger partial charge < -0.3 is 19.5 Å². The number of carboxylic acid groups (broad SMARTS) is 1. The number of hydrogen-bond acceptors (Lipinski definition) is 5. The van der Waals surface area contributed by atoms with E-state index in [2.05, 4.69) is 63.6 Å². The zero-order valence-corrected chi connectivity index (χ0v) is 26.8. The lowest BCUT2D eigenvalue weighted by atomic mass is 9.81. The third-order valence-corrected chi connectivity index (χ3v) is 10.4. The normalized spacial score (nSPS) is 17.3. The van der Waals surface area contributed by atoms with Crippen molar-refractivity contribution in [1.29, 1.82) is 0 Å². The highest BCUT2D eigenvalue weighted by atomic mass is 16.5. The van der Waals surface area contributed by atoms with Crippen LogP contribution in [0.15, 0.2) is 83.4 Å². The summed E-state index contributed by atoms with van der Waals surface area (Å²) in [6.07, 6.45) is 16.7. The van der Waals surface area contributed by atoms with Gasteiger partial charge in [0.15, 0.2) is 5.82 Å². The van der Waals surface area contributed by atoms with Gasteiger partial charge in [0.1, 0.15) is 5.54 Å². The smallest absolute Gasteiger partial charge is 0.328 e. The summed E-state index contributed by atoms with van der Waals surface area (Å²) >= 11 is 0. The Bertz CT molecular complexity index is 2070. The fraction of sp³-hybridized carbons (Fsp3) is 0.300. The summed E-state index contributed by atoms with van der Waals surface area (Å²) in [6.45, 7) is 0.755. The van der Waals surface area contributed by atoms with Gasteiger partial charge >= 0.3 is 5.97 Å². The maximum atomic E-state index is 14.1. The number of hydrogen-bond donors (Lipinski definition) is 2. The third-order valence-electron chi connectivity index (χ3n) is 10.4. The van der Waals surface area contributed by atoms with E-state index in [1.165, 1.54) is 66.0 Å². The van der Waals surface area contributed by atoms with Crippen molar-refractivity contribution in [3.63, 3.8) is 0 Å². The molecule has 0 bridgehead atoms. The maximum absolute atomic E-state index is 14.1. The van der Waals surface area contributed by atoms with E-state index in [0.29, 0.717) is 23.2 Å². The van der Waals surface area contributed by atoms with Crippen molar-refractivity contribution >= 4 is 34.9 Å². The molecule has 2 aliphatic carbocycles. The van der Waals surface area contributed by atoms with Crippen molar-refractivity contribution in [2.45, 2.75) is 75.8 Å². The van der Waals surface area contributed by atoms with Gasteiger partial charge in [-0.25, -0.2) is 4.79 Å². The van der Waals surface area contributed by atoms with Crippen LogP contribution < -0.4 is 5.32 Å². The Labute approximate surface area is 279 Å². The zero-order chi connectivity index (χ0) is 32.7. The predicted molar refractivity (Wildman–Crippen MR) is 186 cm³/mol. The van der Waals surface area contributed by atoms with Gasteiger partial charge in [0.25, 0.3) is 11.8 Å². The van der Waals surface area contributed by atoms with E-state index in [1.54, 1.807) is 12.1 Å². The molecule has 242 valence electrons. The average Bonchev–Trinajstić information content (AvgIpc) is 3.84. The van der Waals surface area contributed by atoms with Crippen LogP contribution in [0.5, 0.6) is 0 Å². The number of carbonyl (C=O) groups is 2. The van der Waals surface area contributed by atoms with Gasteiger partial charge in [0.2, 0.25) is 0 Å². The maximum Gasteiger partial charge on any atom is 0.328 e. The molecule has 1 aliphatic heterocycles. The summed E-state index contributed by atoms with van der Waals surface area (Å²) in [5, 5.41) is 17.9. The fourth-order valence-corrected chi connectivity index (χ4v) is 8.06. The number of aromatic nitrogens is 3. The van der Waals surface area contributed by atoms with Gasteiger partial charge in [0, 0.05) is 40.2 Å². The Hall–Kier alpha value is -5.24. The number of fused-ring (bicyclic) bond motifs is 5. The number of carboxylic acids is 1. The molecule has 48 heavy (non-hydrogen) atoms. The minimum absolute atomic E-state index is 0.140. The highest BCUT2D eigenvalue weighted by Gasteiger charge is 2.42. The second-order valence-electron chi connectivity index (χ2n) is 13.4. The second-order valence-corrected chi connectivity index (χ2v) is 13.4. The van der Waals surface area contributed by atoms with E-state index < -0.39 is 11.5 Å². The highest BCUT2D eigenvalue weighted by Crippen LogP contribution is 2.46. The summed E-state index contributed by atoms with van der Waals surface area (Å²) in [5.41, 5.74) is 7.72. The van der Waals surface area contributed by atoms with Crippen molar-refractivity contribution in [2.24, 2.45) is 0 Å². The van der Waals surface area contributed by atoms with E-state index in [1.807, 2.05) is 18.2 Å². The lowest BCUT2D eigenvalue weighted by Gasteiger charge is -2.26. The summed E-state index contributed by atoms with van der Waals surface area (Å²) < 4.78 is 8.11. The first kappa shape index (κ1) is 30.1. The molecule has 8 heteroatoms. The van der Waals surface area contributed by atoms with Gasteiger partial charge in [0.05, 0.1) is 5.69 Å². The van der Waals surface area contributed by atoms with Gasteiger partial charge in [-0.15, -0.1) is 0 Å². The Balaban J connectivity index is 1.13. The molecule has 2 N–H and O–H groups in total. The Morgan fingerprint density at radius 3 is 2.54 bits per heavy atom. The van der Waals surface area contributed by atoms with Crippen LogP contribution in [0.25, 0.3) is 45.8 Å². The molecule has 0 spiro atoms. The van der Waals surface area contributed by atoms with Crippen LogP contribution in [0.4, 0.5) is 0 Å². The molecule has 0 atom stereocenters. The molecule has 3 aromatic carbocycles. The van der Waals surface area contributed by atoms with E-state index in [9.17, 15) is 9.59 Å². The third kappa shape index (κ3) is 5.45. The second kappa shape index (κ2) is 12.4. The van der Waals surface area contributed by atoms with Crippen molar-refractivity contribution in [3.05, 3.63) is 107 Å². The van der Waals surface area contributed by atoms with Gasteiger partial charge in [-0.2, -0.15) is 4.98 Å². The van der Waals surface area contributed by atoms with Crippen molar-refractivity contribution in [3.8, 4) is 22.7 Å². The average molecular weight is 639 g/mol. The Morgan fingerprint density at radius 2 is 1.75 bits per heavy atom. The highest BCUT2D eigenvalue weighted by molar-refractivity contribution is 6.01. The number of rotatable bonds is 7. The molecule has 0 unspecified atom stereocenters. The van der Waals surface area contributed by atoms with E-state index >= 15 is 0 Å². The lowest BCUT2D eigenvalue weighted by Crippen LogP contribution is -2.44. The minimum atomic E-state index is -1.00. The molecule has 2 saturated carbocycles. The van der Waals surface area contributed by atoms with Crippen LogP contribution >= 0.6 is 0 Å². The van der Waals surface area contributed by atoms with Gasteiger partial charge in [-0.3, -0.25) is 4.79 Å². The van der Waals surface area contributed by atoms with E-state index in [0.717, 1.165) is 54.9 Å². The van der Waals surface area contributed by atoms with Gasteiger partial charge in [-0.1, -0.05) is 91.9 Å². The number of carbonyl (C=O) groups excluding carboxylic acids is 1. The number of nitrogens with one attached hydrogen (secondary N) is 1. The molecule has 0 radical (unpaired) electrons. The number of amides is 1. The molecule has 3 heterocycles. The molecule has 1 amide bonds. The zero-order valence-electron chi connectivity index (χ0n) is 26.8. The van der Waals surface area contributed by atoms with Gasteiger partial charge in [-0.05, 0) is 78.6 Å². The van der Waals surface area contributed by atoms with Crippen molar-refractivity contribution in [1.82, 2.24) is 20.0 Å². The Morgan fingerprint density at radius 1 is 0.958 bits per heavy atom. The molecule has 2 aromatic heterocycles. The first-order valence-electron chi connectivity index (χ1n) is 17.1. The summed E-state index contributed by atoms with van der Waals surface area (Å²) in [4.78, 5) is 29.7. The summed E-state index contributed by atoms with van der Waals surface area (Å²) in [5.74, 6) is 0.214. The van der Waals surface area contributed by atoms with Crippen molar-refractivity contribution in [2.75, 3.05) is 0 Å². The molecule has 8 nitrogen and oxygen atoms in total.